The zero-order chi connectivity index (χ0) is 23.0. The van der Waals surface area contributed by atoms with Gasteiger partial charge in [-0.25, -0.2) is 4.98 Å². The van der Waals surface area contributed by atoms with Gasteiger partial charge in [0.1, 0.15) is 5.52 Å². The van der Waals surface area contributed by atoms with E-state index in [4.69, 9.17) is 4.98 Å². The van der Waals surface area contributed by atoms with Gasteiger partial charge in [-0.05, 0) is 31.4 Å². The third-order valence-electron chi connectivity index (χ3n) is 5.66. The number of hydrogen-bond acceptors (Lipinski definition) is 5. The van der Waals surface area contributed by atoms with Crippen LogP contribution in [0.2, 0.25) is 0 Å². The minimum atomic E-state index is 0.125. The highest BCUT2D eigenvalue weighted by Gasteiger charge is 2.15. The fourth-order valence-electron chi connectivity index (χ4n) is 3.99. The molecule has 0 spiro atoms. The van der Waals surface area contributed by atoms with Crippen molar-refractivity contribution < 1.29 is 4.79 Å². The van der Waals surface area contributed by atoms with Gasteiger partial charge in [0.25, 0.3) is 0 Å². The average molecular weight is 462 g/mol. The maximum absolute atomic E-state index is 12.0. The summed E-state index contributed by atoms with van der Waals surface area (Å²) in [4.78, 5) is 16.8. The predicted molar refractivity (Wildman–Crippen MR) is 136 cm³/mol. The molecule has 6 nitrogen and oxygen atoms in total. The van der Waals surface area contributed by atoms with Crippen LogP contribution in [0, 0.1) is 6.92 Å². The van der Waals surface area contributed by atoms with Crippen LogP contribution in [-0.4, -0.2) is 38.0 Å². The summed E-state index contributed by atoms with van der Waals surface area (Å²) in [5.74, 6) is 0.910. The van der Waals surface area contributed by atoms with Gasteiger partial charge in [0.2, 0.25) is 11.1 Å². The molecule has 7 heteroatoms. The topological polar surface area (TPSA) is 72.7 Å². The lowest BCUT2D eigenvalue weighted by Gasteiger charge is -2.08. The number of rotatable bonds is 11. The van der Waals surface area contributed by atoms with Crippen LogP contribution in [0.3, 0.4) is 0 Å². The van der Waals surface area contributed by atoms with Gasteiger partial charge in [-0.15, -0.1) is 10.2 Å². The number of nitrogens with zero attached hydrogens (tertiary/aromatic N) is 4. The Morgan fingerprint density at radius 1 is 1.06 bits per heavy atom. The number of nitrogens with one attached hydrogen (secondary N) is 1. The summed E-state index contributed by atoms with van der Waals surface area (Å²) in [5, 5.41) is 13.6. The van der Waals surface area contributed by atoms with Crippen molar-refractivity contribution in [1.82, 2.24) is 25.1 Å². The zero-order valence-electron chi connectivity index (χ0n) is 19.4. The fraction of sp³-hybridized carbons (Fsp3) is 0.385. The molecule has 0 radical (unpaired) electrons. The number of carbonyl (C=O) groups excluding carboxylic acids is 1. The highest BCUT2D eigenvalue weighted by atomic mass is 32.2. The highest BCUT2D eigenvalue weighted by molar-refractivity contribution is 7.99. The quantitative estimate of drug-likeness (QED) is 0.235. The molecular weight excluding hydrogens is 430 g/mol. The van der Waals surface area contributed by atoms with Crippen molar-refractivity contribution in [3.8, 4) is 0 Å². The lowest BCUT2D eigenvalue weighted by Crippen LogP contribution is -2.24. The standard InChI is InChI=1S/C26H31N5OS/c1-3-4-7-15-27-23(32)14-9-16-33-26-28-25-24(29-30-26)21-12-5-6-13-22(21)31(25)18-20-11-8-10-19(2)17-20/h5-6,8,10-13,17H,3-4,7,9,14-16,18H2,1-2H3,(H,27,32). The molecule has 4 rings (SSSR count). The molecule has 33 heavy (non-hydrogen) atoms. The van der Waals surface area contributed by atoms with Crippen molar-refractivity contribution >= 4 is 39.7 Å². The molecule has 0 aliphatic carbocycles. The number of amides is 1. The number of thioether (sulfide) groups is 1. The Hall–Kier alpha value is -2.93. The van der Waals surface area contributed by atoms with E-state index < -0.39 is 0 Å². The van der Waals surface area contributed by atoms with Crippen LogP contribution < -0.4 is 5.32 Å². The van der Waals surface area contributed by atoms with Crippen LogP contribution in [0.4, 0.5) is 0 Å². The number of unbranched alkanes of at least 4 members (excludes halogenated alkanes) is 2. The second kappa shape index (κ2) is 11.3. The zero-order valence-corrected chi connectivity index (χ0v) is 20.2. The third-order valence-corrected chi connectivity index (χ3v) is 6.58. The molecule has 2 aromatic carbocycles. The summed E-state index contributed by atoms with van der Waals surface area (Å²) in [6, 6.07) is 16.8. The monoisotopic (exact) mass is 461 g/mol. The average Bonchev–Trinajstić information content (AvgIpc) is 3.13. The first-order chi connectivity index (χ1) is 16.2. The first-order valence-corrected chi connectivity index (χ1v) is 12.7. The van der Waals surface area contributed by atoms with Crippen molar-refractivity contribution in [3.63, 3.8) is 0 Å². The van der Waals surface area contributed by atoms with Gasteiger partial charge in [-0.3, -0.25) is 4.79 Å². The van der Waals surface area contributed by atoms with Crippen molar-refractivity contribution in [2.45, 2.75) is 57.7 Å². The van der Waals surface area contributed by atoms with Crippen LogP contribution in [0.1, 0.15) is 50.2 Å². The van der Waals surface area contributed by atoms with Crippen molar-refractivity contribution in [2.24, 2.45) is 0 Å². The van der Waals surface area contributed by atoms with E-state index in [1.807, 2.05) is 12.1 Å². The van der Waals surface area contributed by atoms with Gasteiger partial charge in [0.05, 0.1) is 5.52 Å². The summed E-state index contributed by atoms with van der Waals surface area (Å²) >= 11 is 1.56. The van der Waals surface area contributed by atoms with Gasteiger partial charge in [-0.1, -0.05) is 79.6 Å². The molecule has 1 amide bonds. The molecular formula is C26H31N5OS. The van der Waals surface area contributed by atoms with E-state index in [-0.39, 0.29) is 5.91 Å². The minimum absolute atomic E-state index is 0.125. The molecule has 0 aliphatic heterocycles. The molecule has 172 valence electrons. The van der Waals surface area contributed by atoms with Crippen molar-refractivity contribution in [1.29, 1.82) is 0 Å². The Morgan fingerprint density at radius 3 is 2.79 bits per heavy atom. The van der Waals surface area contributed by atoms with Gasteiger partial charge >= 0.3 is 0 Å². The number of hydrogen-bond donors (Lipinski definition) is 1. The van der Waals surface area contributed by atoms with E-state index >= 15 is 0 Å². The van der Waals surface area contributed by atoms with E-state index in [1.165, 1.54) is 11.1 Å². The summed E-state index contributed by atoms with van der Waals surface area (Å²) < 4.78 is 2.22. The SMILES string of the molecule is CCCCCNC(=O)CCCSc1nnc2c3ccccc3n(Cc3cccc(C)c3)c2n1. The Balaban J connectivity index is 1.46. The molecule has 0 saturated heterocycles. The molecule has 2 heterocycles. The maximum atomic E-state index is 12.0. The van der Waals surface area contributed by atoms with Crippen molar-refractivity contribution in [3.05, 3.63) is 59.7 Å². The molecule has 2 aromatic heterocycles. The van der Waals surface area contributed by atoms with E-state index in [9.17, 15) is 4.79 Å². The first kappa shape index (κ1) is 23.2. The minimum Gasteiger partial charge on any atom is -0.356 e. The number of aryl methyl sites for hydroxylation is 1. The van der Waals surface area contributed by atoms with Crippen LogP contribution in [0.5, 0.6) is 0 Å². The summed E-state index contributed by atoms with van der Waals surface area (Å²) in [5.41, 5.74) is 5.26. The predicted octanol–water partition coefficient (Wildman–Crippen LogP) is 5.51. The summed E-state index contributed by atoms with van der Waals surface area (Å²) in [7, 11) is 0. The second-order valence-electron chi connectivity index (χ2n) is 8.37. The molecule has 0 fully saturated rings. The fourth-order valence-corrected chi connectivity index (χ4v) is 4.71. The van der Waals surface area contributed by atoms with Gasteiger partial charge in [0, 0.05) is 30.6 Å². The molecule has 0 unspecified atom stereocenters. The van der Waals surface area contributed by atoms with Crippen LogP contribution in [0.25, 0.3) is 22.1 Å². The third kappa shape index (κ3) is 5.90. The first-order valence-electron chi connectivity index (χ1n) is 11.7. The normalized spacial score (nSPS) is 11.3. The molecule has 0 saturated carbocycles. The second-order valence-corrected chi connectivity index (χ2v) is 9.43. The summed E-state index contributed by atoms with van der Waals surface area (Å²) in [6.45, 7) is 5.77. The van der Waals surface area contributed by atoms with Crippen LogP contribution in [0.15, 0.2) is 53.7 Å². The van der Waals surface area contributed by atoms with Crippen LogP contribution in [-0.2, 0) is 11.3 Å². The van der Waals surface area contributed by atoms with Crippen LogP contribution >= 0.6 is 11.8 Å². The molecule has 0 atom stereocenters. The lowest BCUT2D eigenvalue weighted by molar-refractivity contribution is -0.121. The number of benzene rings is 2. The smallest absolute Gasteiger partial charge is 0.220 e. The van der Waals surface area contributed by atoms with Gasteiger partial charge < -0.3 is 9.88 Å². The van der Waals surface area contributed by atoms with E-state index in [2.05, 4.69) is 70.3 Å². The maximum Gasteiger partial charge on any atom is 0.220 e. The van der Waals surface area contributed by atoms with E-state index in [0.717, 1.165) is 66.6 Å². The molecule has 1 N–H and O–H groups in total. The highest BCUT2D eigenvalue weighted by Crippen LogP contribution is 2.28. The van der Waals surface area contributed by atoms with Crippen molar-refractivity contribution in [2.75, 3.05) is 12.3 Å². The number of carbonyl (C=O) groups is 1. The number of fused-ring (bicyclic) bond motifs is 3. The van der Waals surface area contributed by atoms with Gasteiger partial charge in [-0.2, -0.15) is 0 Å². The Kier molecular flexibility index (Phi) is 7.94. The molecule has 4 aromatic rings. The number of aromatic nitrogens is 4. The molecule has 0 aliphatic rings. The Bertz CT molecular complexity index is 1240. The lowest BCUT2D eigenvalue weighted by atomic mass is 10.1. The largest absolute Gasteiger partial charge is 0.356 e. The number of para-hydroxylation sites is 1. The molecule has 0 bridgehead atoms. The van der Waals surface area contributed by atoms with E-state index in [0.29, 0.717) is 11.6 Å². The van der Waals surface area contributed by atoms with Gasteiger partial charge in [0.15, 0.2) is 5.65 Å². The Labute approximate surface area is 199 Å². The summed E-state index contributed by atoms with van der Waals surface area (Å²) in [6.07, 6.45) is 4.69. The van der Waals surface area contributed by atoms with E-state index in [1.54, 1.807) is 11.8 Å². The Morgan fingerprint density at radius 2 is 1.94 bits per heavy atom.